The molecule has 0 spiro atoms. The zero-order valence-corrected chi connectivity index (χ0v) is 22.4. The van der Waals surface area contributed by atoms with Gasteiger partial charge in [0.2, 0.25) is 0 Å². The number of thiophene rings is 1. The molecule has 0 fully saturated rings. The Morgan fingerprint density at radius 3 is 2.33 bits per heavy atom. The SMILES string of the molecule is CCOc1ccc(C(=O)Nc2ccc3sc(C(=O)OC)cc3c2)cc1COc1ccc(-c2ccccc2)cc1. The van der Waals surface area contributed by atoms with Gasteiger partial charge in [0.25, 0.3) is 5.91 Å². The third-order valence-corrected chi connectivity index (χ3v) is 7.24. The predicted molar refractivity (Wildman–Crippen MR) is 155 cm³/mol. The molecule has 5 aromatic rings. The second-order valence-corrected chi connectivity index (χ2v) is 9.83. The van der Waals surface area contributed by atoms with E-state index in [0.29, 0.717) is 28.5 Å². The Morgan fingerprint density at radius 1 is 0.821 bits per heavy atom. The standard InChI is InChI=1S/C32H27NO5S/c1-3-37-28-15-11-23(31(34)33-26-12-16-29-24(18-26)19-30(39-29)32(35)36-2)17-25(28)20-38-27-13-9-22(10-14-27)21-7-5-4-6-8-21/h4-19H,3,20H2,1-2H3,(H,33,34). The average Bonchev–Trinajstić information content (AvgIpc) is 3.40. The van der Waals surface area contributed by atoms with Crippen LogP contribution < -0.4 is 14.8 Å². The molecule has 4 aromatic carbocycles. The van der Waals surface area contributed by atoms with Gasteiger partial charge in [0.05, 0.1) is 13.7 Å². The van der Waals surface area contributed by atoms with E-state index in [1.807, 2.05) is 67.6 Å². The van der Waals surface area contributed by atoms with Crippen LogP contribution in [0.4, 0.5) is 5.69 Å². The monoisotopic (exact) mass is 537 g/mol. The summed E-state index contributed by atoms with van der Waals surface area (Å²) < 4.78 is 17.6. The first-order chi connectivity index (χ1) is 19.0. The fraction of sp³-hybridized carbons (Fsp3) is 0.125. The largest absolute Gasteiger partial charge is 0.493 e. The maximum Gasteiger partial charge on any atom is 0.348 e. The van der Waals surface area contributed by atoms with Gasteiger partial charge in [-0.25, -0.2) is 4.79 Å². The van der Waals surface area contributed by atoms with Crippen LogP contribution in [0.25, 0.3) is 21.2 Å². The van der Waals surface area contributed by atoms with Crippen molar-refractivity contribution < 1.29 is 23.8 Å². The van der Waals surface area contributed by atoms with Crippen LogP contribution in [-0.4, -0.2) is 25.6 Å². The fourth-order valence-electron chi connectivity index (χ4n) is 4.19. The van der Waals surface area contributed by atoms with Gasteiger partial charge in [0, 0.05) is 21.5 Å². The highest BCUT2D eigenvalue weighted by atomic mass is 32.1. The summed E-state index contributed by atoms with van der Waals surface area (Å²) in [4.78, 5) is 25.5. The van der Waals surface area contributed by atoms with Crippen molar-refractivity contribution in [2.45, 2.75) is 13.5 Å². The summed E-state index contributed by atoms with van der Waals surface area (Å²) in [5.41, 5.74) is 4.14. The quantitative estimate of drug-likeness (QED) is 0.196. The van der Waals surface area contributed by atoms with Crippen molar-refractivity contribution in [3.63, 3.8) is 0 Å². The third-order valence-electron chi connectivity index (χ3n) is 6.14. The average molecular weight is 538 g/mol. The Balaban J connectivity index is 1.30. The van der Waals surface area contributed by atoms with E-state index in [1.54, 1.807) is 24.3 Å². The van der Waals surface area contributed by atoms with Crippen molar-refractivity contribution in [1.29, 1.82) is 0 Å². The molecular formula is C32H27NO5S. The van der Waals surface area contributed by atoms with Crippen LogP contribution in [0.2, 0.25) is 0 Å². The molecule has 1 heterocycles. The molecule has 0 saturated heterocycles. The van der Waals surface area contributed by atoms with Crippen LogP contribution in [-0.2, 0) is 11.3 Å². The lowest BCUT2D eigenvalue weighted by molar-refractivity contribution is 0.0606. The number of nitrogens with one attached hydrogen (secondary N) is 1. The molecule has 5 rings (SSSR count). The smallest absolute Gasteiger partial charge is 0.348 e. The Hall–Kier alpha value is -4.62. The maximum absolute atomic E-state index is 13.1. The van der Waals surface area contributed by atoms with Crippen LogP contribution >= 0.6 is 11.3 Å². The van der Waals surface area contributed by atoms with Crippen LogP contribution in [0.1, 0.15) is 32.5 Å². The summed E-state index contributed by atoms with van der Waals surface area (Å²) in [7, 11) is 1.36. The van der Waals surface area contributed by atoms with E-state index in [-0.39, 0.29) is 18.5 Å². The van der Waals surface area contributed by atoms with Gasteiger partial charge in [-0.15, -0.1) is 11.3 Å². The Bertz CT molecular complexity index is 1610. The van der Waals surface area contributed by atoms with Crippen molar-refractivity contribution in [3.05, 3.63) is 113 Å². The lowest BCUT2D eigenvalue weighted by Gasteiger charge is -2.14. The molecule has 1 aromatic heterocycles. The number of esters is 1. The molecule has 0 aliphatic carbocycles. The zero-order valence-electron chi connectivity index (χ0n) is 21.6. The lowest BCUT2D eigenvalue weighted by atomic mass is 10.1. The number of carbonyl (C=O) groups is 2. The Kier molecular flexibility index (Phi) is 7.89. The molecule has 0 bridgehead atoms. The van der Waals surface area contributed by atoms with Gasteiger partial charge in [0.15, 0.2) is 0 Å². The molecule has 1 N–H and O–H groups in total. The van der Waals surface area contributed by atoms with Crippen molar-refractivity contribution >= 4 is 39.0 Å². The summed E-state index contributed by atoms with van der Waals surface area (Å²) in [6.07, 6.45) is 0. The van der Waals surface area contributed by atoms with Crippen LogP contribution in [0, 0.1) is 0 Å². The molecule has 0 radical (unpaired) electrons. The summed E-state index contributed by atoms with van der Waals surface area (Å²) in [5.74, 6) is 0.764. The minimum Gasteiger partial charge on any atom is -0.493 e. The van der Waals surface area contributed by atoms with E-state index in [0.717, 1.165) is 32.5 Å². The number of hydrogen-bond donors (Lipinski definition) is 1. The van der Waals surface area contributed by atoms with Crippen LogP contribution in [0.5, 0.6) is 11.5 Å². The summed E-state index contributed by atoms with van der Waals surface area (Å²) in [6, 6.07) is 30.7. The first kappa shape index (κ1) is 26.0. The fourth-order valence-corrected chi connectivity index (χ4v) is 5.15. The van der Waals surface area contributed by atoms with Gasteiger partial charge < -0.3 is 19.5 Å². The van der Waals surface area contributed by atoms with Crippen molar-refractivity contribution in [1.82, 2.24) is 0 Å². The molecular weight excluding hydrogens is 510 g/mol. The highest BCUT2D eigenvalue weighted by molar-refractivity contribution is 7.20. The van der Waals surface area contributed by atoms with Crippen molar-refractivity contribution in [3.8, 4) is 22.6 Å². The number of fused-ring (bicyclic) bond motifs is 1. The van der Waals surface area contributed by atoms with E-state index < -0.39 is 0 Å². The van der Waals surface area contributed by atoms with Crippen molar-refractivity contribution in [2.75, 3.05) is 19.0 Å². The highest BCUT2D eigenvalue weighted by Crippen LogP contribution is 2.30. The number of carbonyl (C=O) groups excluding carboxylic acids is 2. The normalized spacial score (nSPS) is 10.7. The molecule has 6 nitrogen and oxygen atoms in total. The molecule has 0 aliphatic heterocycles. The molecule has 39 heavy (non-hydrogen) atoms. The predicted octanol–water partition coefficient (Wildman–Crippen LogP) is 7.58. The van der Waals surface area contributed by atoms with E-state index in [2.05, 4.69) is 17.4 Å². The maximum atomic E-state index is 13.1. The summed E-state index contributed by atoms with van der Waals surface area (Å²) in [6.45, 7) is 2.66. The first-order valence-electron chi connectivity index (χ1n) is 12.5. The Morgan fingerprint density at radius 2 is 1.59 bits per heavy atom. The molecule has 196 valence electrons. The van der Waals surface area contributed by atoms with Crippen LogP contribution in [0.3, 0.4) is 0 Å². The molecule has 0 atom stereocenters. The molecule has 0 saturated carbocycles. The molecule has 0 aliphatic rings. The van der Waals surface area contributed by atoms with Gasteiger partial charge in [-0.05, 0) is 78.0 Å². The van der Waals surface area contributed by atoms with E-state index >= 15 is 0 Å². The topological polar surface area (TPSA) is 73.9 Å². The third kappa shape index (κ3) is 6.10. The summed E-state index contributed by atoms with van der Waals surface area (Å²) >= 11 is 1.35. The number of amides is 1. The van der Waals surface area contributed by atoms with Crippen molar-refractivity contribution in [2.24, 2.45) is 0 Å². The molecule has 1 amide bonds. The summed E-state index contributed by atoms with van der Waals surface area (Å²) in [5, 5.41) is 3.80. The number of benzene rings is 4. The second kappa shape index (κ2) is 11.8. The minimum absolute atomic E-state index is 0.248. The Labute approximate surface area is 230 Å². The van der Waals surface area contributed by atoms with E-state index in [9.17, 15) is 9.59 Å². The van der Waals surface area contributed by atoms with Gasteiger partial charge in [-0.1, -0.05) is 42.5 Å². The van der Waals surface area contributed by atoms with Gasteiger partial charge in [-0.3, -0.25) is 4.79 Å². The number of hydrogen-bond acceptors (Lipinski definition) is 6. The molecule has 7 heteroatoms. The lowest BCUT2D eigenvalue weighted by Crippen LogP contribution is -2.13. The van der Waals surface area contributed by atoms with Gasteiger partial charge in [-0.2, -0.15) is 0 Å². The number of rotatable bonds is 9. The highest BCUT2D eigenvalue weighted by Gasteiger charge is 2.14. The van der Waals surface area contributed by atoms with Crippen LogP contribution in [0.15, 0.2) is 97.1 Å². The zero-order chi connectivity index (χ0) is 27.2. The minimum atomic E-state index is -0.377. The molecule has 0 unspecified atom stereocenters. The first-order valence-corrected chi connectivity index (χ1v) is 13.3. The van der Waals surface area contributed by atoms with Gasteiger partial charge >= 0.3 is 5.97 Å². The van der Waals surface area contributed by atoms with E-state index in [1.165, 1.54) is 18.4 Å². The number of anilines is 1. The number of ether oxygens (including phenoxy) is 3. The van der Waals surface area contributed by atoms with E-state index in [4.69, 9.17) is 14.2 Å². The second-order valence-electron chi connectivity index (χ2n) is 8.74. The number of methoxy groups -OCH3 is 1. The van der Waals surface area contributed by atoms with Gasteiger partial charge in [0.1, 0.15) is 23.0 Å².